The normalized spacial score (nSPS) is 10.7. The van der Waals surface area contributed by atoms with Gasteiger partial charge in [0.2, 0.25) is 5.78 Å². The van der Waals surface area contributed by atoms with Crippen LogP contribution in [0.3, 0.4) is 0 Å². The molecular weight excluding hydrogens is 296 g/mol. The molecule has 3 aromatic rings. The fourth-order valence-corrected chi connectivity index (χ4v) is 2.31. The molecule has 0 aliphatic heterocycles. The topological polar surface area (TPSA) is 76.7 Å². The van der Waals surface area contributed by atoms with Crippen molar-refractivity contribution in [3.8, 4) is 11.5 Å². The lowest BCUT2D eigenvalue weighted by Crippen LogP contribution is -2.20. The summed E-state index contributed by atoms with van der Waals surface area (Å²) in [6.45, 7) is 1.54. The molecule has 1 aromatic heterocycles. The van der Waals surface area contributed by atoms with Crippen LogP contribution >= 0.6 is 0 Å². The van der Waals surface area contributed by atoms with Crippen molar-refractivity contribution in [1.82, 2.24) is 0 Å². The van der Waals surface area contributed by atoms with Crippen LogP contribution in [0.2, 0.25) is 0 Å². The smallest absolute Gasteiger partial charge is 0.351 e. The Morgan fingerprint density at radius 3 is 2.74 bits per heavy atom. The van der Waals surface area contributed by atoms with Crippen LogP contribution in [0.15, 0.2) is 57.7 Å². The van der Waals surface area contributed by atoms with Crippen LogP contribution in [0.4, 0.5) is 0 Å². The molecule has 1 heterocycles. The first-order valence-corrected chi connectivity index (χ1v) is 7.04. The predicted molar refractivity (Wildman–Crippen MR) is 85.2 cm³/mol. The fraction of sp³-hybridized carbons (Fsp3) is 0.111. The summed E-state index contributed by atoms with van der Waals surface area (Å²) in [4.78, 5) is 24.2. The second kappa shape index (κ2) is 5.96. The van der Waals surface area contributed by atoms with Crippen LogP contribution in [-0.2, 0) is 0 Å². The van der Waals surface area contributed by atoms with Gasteiger partial charge >= 0.3 is 5.63 Å². The predicted octanol–water partition coefficient (Wildman–Crippen LogP) is 3.07. The first-order valence-electron chi connectivity index (χ1n) is 7.04. The fourth-order valence-electron chi connectivity index (χ4n) is 2.31. The lowest BCUT2D eigenvalue weighted by atomic mass is 10.1. The number of aryl methyl sites for hydroxylation is 1. The van der Waals surface area contributed by atoms with E-state index in [1.165, 1.54) is 0 Å². The molecule has 0 saturated carbocycles. The summed E-state index contributed by atoms with van der Waals surface area (Å²) in [6, 6.07) is 13.7. The van der Waals surface area contributed by atoms with E-state index in [-0.39, 0.29) is 17.9 Å². The molecule has 1 N–H and O–H groups in total. The van der Waals surface area contributed by atoms with Crippen molar-refractivity contribution in [1.29, 1.82) is 0 Å². The molecule has 5 nitrogen and oxygen atoms in total. The molecule has 2 aromatic carbocycles. The molecule has 3 rings (SSSR count). The molecule has 5 heteroatoms. The van der Waals surface area contributed by atoms with Crippen LogP contribution in [0.5, 0.6) is 11.5 Å². The van der Waals surface area contributed by atoms with Crippen molar-refractivity contribution < 1.29 is 19.1 Å². The average Bonchev–Trinajstić information content (AvgIpc) is 2.53. The number of rotatable bonds is 4. The first-order chi connectivity index (χ1) is 11.1. The van der Waals surface area contributed by atoms with E-state index in [1.54, 1.807) is 42.5 Å². The van der Waals surface area contributed by atoms with Crippen molar-refractivity contribution in [3.05, 3.63) is 70.1 Å². The number of aromatic hydroxyl groups is 1. The van der Waals surface area contributed by atoms with Gasteiger partial charge in [-0.15, -0.1) is 0 Å². The van der Waals surface area contributed by atoms with Crippen LogP contribution in [0.25, 0.3) is 11.0 Å². The minimum atomic E-state index is -0.876. The maximum Gasteiger partial charge on any atom is 0.351 e. The van der Waals surface area contributed by atoms with E-state index < -0.39 is 17.0 Å². The maximum atomic E-state index is 12.2. The second-order valence-corrected chi connectivity index (χ2v) is 5.14. The number of Topliss-reactive ketones (excluding diaryl/α,β-unsaturated/α-hetero) is 1. The number of carbonyl (C=O) groups excluding carboxylic acids is 1. The van der Waals surface area contributed by atoms with E-state index in [9.17, 15) is 14.7 Å². The van der Waals surface area contributed by atoms with Crippen LogP contribution in [0, 0.1) is 6.92 Å². The zero-order chi connectivity index (χ0) is 16.4. The van der Waals surface area contributed by atoms with Gasteiger partial charge in [0.15, 0.2) is 6.61 Å². The van der Waals surface area contributed by atoms with Gasteiger partial charge in [0.1, 0.15) is 22.6 Å². The van der Waals surface area contributed by atoms with Crippen molar-refractivity contribution in [3.63, 3.8) is 0 Å². The standard InChI is InChI=1S/C18H14O5/c1-11-5-4-6-12(9-11)22-10-14(19)16-17(20)13-7-2-3-8-15(13)23-18(16)21/h2-9,20H,10H2,1H3. The number of benzene rings is 2. The molecule has 0 amide bonds. The molecule has 116 valence electrons. The van der Waals surface area contributed by atoms with E-state index in [0.717, 1.165) is 5.56 Å². The summed E-state index contributed by atoms with van der Waals surface area (Å²) >= 11 is 0. The summed E-state index contributed by atoms with van der Waals surface area (Å²) in [6.07, 6.45) is 0. The summed E-state index contributed by atoms with van der Waals surface area (Å²) in [5, 5.41) is 10.5. The molecule has 0 bridgehead atoms. The highest BCUT2D eigenvalue weighted by molar-refractivity contribution is 6.03. The molecule has 0 aliphatic rings. The Labute approximate surface area is 131 Å². The Hall–Kier alpha value is -3.08. The summed E-state index contributed by atoms with van der Waals surface area (Å²) in [7, 11) is 0. The molecule has 0 saturated heterocycles. The number of carbonyl (C=O) groups is 1. The van der Waals surface area contributed by atoms with E-state index in [4.69, 9.17) is 9.15 Å². The van der Waals surface area contributed by atoms with Gasteiger partial charge in [-0.3, -0.25) is 4.79 Å². The van der Waals surface area contributed by atoms with Crippen molar-refractivity contribution in [2.24, 2.45) is 0 Å². The van der Waals surface area contributed by atoms with Crippen LogP contribution < -0.4 is 10.4 Å². The van der Waals surface area contributed by atoms with Gasteiger partial charge in [-0.2, -0.15) is 0 Å². The molecule has 0 aliphatic carbocycles. The number of fused-ring (bicyclic) bond motifs is 1. The van der Waals surface area contributed by atoms with Gasteiger partial charge in [-0.05, 0) is 36.8 Å². The molecule has 0 unspecified atom stereocenters. The quantitative estimate of drug-likeness (QED) is 0.592. The Kier molecular flexibility index (Phi) is 3.85. The molecule has 0 spiro atoms. The number of hydrogen-bond donors (Lipinski definition) is 1. The monoisotopic (exact) mass is 310 g/mol. The van der Waals surface area contributed by atoms with E-state index in [0.29, 0.717) is 11.1 Å². The zero-order valence-corrected chi connectivity index (χ0v) is 12.4. The lowest BCUT2D eigenvalue weighted by molar-refractivity contribution is 0.0915. The van der Waals surface area contributed by atoms with Gasteiger partial charge in [0, 0.05) is 0 Å². The van der Waals surface area contributed by atoms with E-state index in [1.807, 2.05) is 13.0 Å². The van der Waals surface area contributed by atoms with Crippen molar-refractivity contribution in [2.45, 2.75) is 6.92 Å². The molecule has 0 radical (unpaired) electrons. The SMILES string of the molecule is Cc1cccc(OCC(=O)c2c(O)c3ccccc3oc2=O)c1. The molecule has 23 heavy (non-hydrogen) atoms. The molecule has 0 atom stereocenters. The second-order valence-electron chi connectivity index (χ2n) is 5.14. The Balaban J connectivity index is 1.90. The number of hydrogen-bond acceptors (Lipinski definition) is 5. The molecular formula is C18H14O5. The van der Waals surface area contributed by atoms with Crippen LogP contribution in [-0.4, -0.2) is 17.5 Å². The Morgan fingerprint density at radius 2 is 1.96 bits per heavy atom. The van der Waals surface area contributed by atoms with Gasteiger partial charge < -0.3 is 14.3 Å². The third-order valence-corrected chi connectivity index (χ3v) is 3.42. The maximum absolute atomic E-state index is 12.2. The van der Waals surface area contributed by atoms with Crippen LogP contribution in [0.1, 0.15) is 15.9 Å². The minimum Gasteiger partial charge on any atom is -0.506 e. The third-order valence-electron chi connectivity index (χ3n) is 3.42. The highest BCUT2D eigenvalue weighted by Crippen LogP contribution is 2.26. The van der Waals surface area contributed by atoms with Gasteiger partial charge in [-0.1, -0.05) is 24.3 Å². The number of ether oxygens (including phenoxy) is 1. The highest BCUT2D eigenvalue weighted by Gasteiger charge is 2.21. The summed E-state index contributed by atoms with van der Waals surface area (Å²) in [5.74, 6) is -0.499. The Morgan fingerprint density at radius 1 is 1.17 bits per heavy atom. The Bertz CT molecular complexity index is 940. The van der Waals surface area contributed by atoms with Crippen molar-refractivity contribution in [2.75, 3.05) is 6.61 Å². The minimum absolute atomic E-state index is 0.228. The van der Waals surface area contributed by atoms with Crippen molar-refractivity contribution >= 4 is 16.8 Å². The average molecular weight is 310 g/mol. The largest absolute Gasteiger partial charge is 0.506 e. The van der Waals surface area contributed by atoms with Gasteiger partial charge in [0.25, 0.3) is 0 Å². The number of para-hydroxylation sites is 1. The van der Waals surface area contributed by atoms with Gasteiger partial charge in [-0.25, -0.2) is 4.79 Å². The molecule has 0 fully saturated rings. The first kappa shape index (κ1) is 14.8. The number of ketones is 1. The van der Waals surface area contributed by atoms with E-state index >= 15 is 0 Å². The summed E-state index contributed by atoms with van der Waals surface area (Å²) in [5.41, 5.74) is -0.0513. The lowest BCUT2D eigenvalue weighted by Gasteiger charge is -2.08. The zero-order valence-electron chi connectivity index (χ0n) is 12.4. The third kappa shape index (κ3) is 2.94. The highest BCUT2D eigenvalue weighted by atomic mass is 16.5. The summed E-state index contributed by atoms with van der Waals surface area (Å²) < 4.78 is 10.5. The van der Waals surface area contributed by atoms with Gasteiger partial charge in [0.05, 0.1) is 5.39 Å². The van der Waals surface area contributed by atoms with E-state index in [2.05, 4.69) is 0 Å².